The van der Waals surface area contributed by atoms with Gasteiger partial charge in [0.15, 0.2) is 5.82 Å². The molecule has 3 rings (SSSR count). The number of nitrogens with zero attached hydrogens (tertiary/aromatic N) is 5. The molecule has 3 aromatic heterocycles. The van der Waals surface area contributed by atoms with Crippen molar-refractivity contribution in [2.45, 2.75) is 0 Å². The molecule has 0 radical (unpaired) electrons. The van der Waals surface area contributed by atoms with Crippen LogP contribution >= 0.6 is 0 Å². The summed E-state index contributed by atoms with van der Waals surface area (Å²) in [6.45, 7) is 0. The fourth-order valence-electron chi connectivity index (χ4n) is 1.45. The molecule has 0 aromatic carbocycles. The first-order chi connectivity index (χ1) is 7.84. The van der Waals surface area contributed by atoms with E-state index in [4.69, 9.17) is 0 Å². The maximum absolute atomic E-state index is 13.0. The van der Waals surface area contributed by atoms with Crippen LogP contribution in [0.5, 0.6) is 0 Å². The Kier molecular flexibility index (Phi) is 1.86. The summed E-state index contributed by atoms with van der Waals surface area (Å²) in [5, 5.41) is 7.82. The van der Waals surface area contributed by atoms with E-state index < -0.39 is 0 Å². The molecule has 3 heterocycles. The van der Waals surface area contributed by atoms with Crippen LogP contribution in [0.3, 0.4) is 0 Å². The fraction of sp³-hybridized carbons (Fsp3) is 0. The molecule has 0 atom stereocenters. The summed E-state index contributed by atoms with van der Waals surface area (Å²) in [4.78, 5) is 7.96. The summed E-state index contributed by atoms with van der Waals surface area (Å²) >= 11 is 0. The Morgan fingerprint density at radius 1 is 1.19 bits per heavy atom. The molecule has 0 aliphatic carbocycles. The Bertz CT molecular complexity index is 648. The lowest BCUT2D eigenvalue weighted by Gasteiger charge is -1.99. The van der Waals surface area contributed by atoms with E-state index in [1.807, 2.05) is 0 Å². The van der Waals surface area contributed by atoms with Crippen molar-refractivity contribution in [3.63, 3.8) is 0 Å². The molecule has 0 spiro atoms. The zero-order chi connectivity index (χ0) is 11.0. The predicted molar refractivity (Wildman–Crippen MR) is 54.4 cm³/mol. The second kappa shape index (κ2) is 3.34. The summed E-state index contributed by atoms with van der Waals surface area (Å²) in [6, 6.07) is 4.33. The summed E-state index contributed by atoms with van der Waals surface area (Å²) in [6.07, 6.45) is 4.61. The maximum atomic E-state index is 13.0. The summed E-state index contributed by atoms with van der Waals surface area (Å²) in [5.41, 5.74) is 1.39. The molecule has 0 bridgehead atoms. The number of hydrogen-bond acceptors (Lipinski definition) is 4. The van der Waals surface area contributed by atoms with Crippen LogP contribution in [0.25, 0.3) is 16.9 Å². The fourth-order valence-corrected chi connectivity index (χ4v) is 1.45. The van der Waals surface area contributed by atoms with E-state index in [0.717, 1.165) is 5.52 Å². The van der Waals surface area contributed by atoms with E-state index in [0.29, 0.717) is 11.3 Å². The zero-order valence-corrected chi connectivity index (χ0v) is 8.08. The van der Waals surface area contributed by atoms with Crippen molar-refractivity contribution in [3.8, 4) is 5.82 Å². The van der Waals surface area contributed by atoms with Crippen molar-refractivity contribution in [1.29, 1.82) is 0 Å². The third-order valence-corrected chi connectivity index (χ3v) is 2.17. The maximum Gasteiger partial charge on any atom is 0.158 e. The van der Waals surface area contributed by atoms with E-state index in [-0.39, 0.29) is 5.82 Å². The van der Waals surface area contributed by atoms with E-state index >= 15 is 0 Å². The van der Waals surface area contributed by atoms with Crippen LogP contribution in [0, 0.1) is 5.82 Å². The molecule has 3 aromatic rings. The van der Waals surface area contributed by atoms with Crippen LogP contribution < -0.4 is 0 Å². The molecule has 5 nitrogen and oxygen atoms in total. The molecule has 0 unspecified atom stereocenters. The molecule has 0 fully saturated rings. The van der Waals surface area contributed by atoms with Crippen LogP contribution in [0.4, 0.5) is 4.39 Å². The highest BCUT2D eigenvalue weighted by Gasteiger charge is 2.07. The number of aromatic nitrogens is 5. The molecule has 78 valence electrons. The predicted octanol–water partition coefficient (Wildman–Crippen LogP) is 1.35. The van der Waals surface area contributed by atoms with Gasteiger partial charge in [0.2, 0.25) is 0 Å². The van der Waals surface area contributed by atoms with Crippen molar-refractivity contribution in [2.75, 3.05) is 0 Å². The van der Waals surface area contributed by atoms with Gasteiger partial charge in [0.1, 0.15) is 11.3 Å². The average molecular weight is 215 g/mol. The molecular weight excluding hydrogens is 209 g/mol. The van der Waals surface area contributed by atoms with Gasteiger partial charge in [0, 0.05) is 18.5 Å². The molecule has 0 amide bonds. The van der Waals surface area contributed by atoms with Gasteiger partial charge in [0.25, 0.3) is 0 Å². The number of hydrogen-bond donors (Lipinski definition) is 0. The number of rotatable bonds is 1. The minimum Gasteiger partial charge on any atom is -0.262 e. The van der Waals surface area contributed by atoms with Crippen LogP contribution in [-0.4, -0.2) is 25.0 Å². The van der Waals surface area contributed by atoms with Crippen molar-refractivity contribution in [2.24, 2.45) is 0 Å². The quantitative estimate of drug-likeness (QED) is 0.614. The summed E-state index contributed by atoms with van der Waals surface area (Å²) in [5.74, 6) is 0.0383. The van der Waals surface area contributed by atoms with Gasteiger partial charge < -0.3 is 0 Å². The van der Waals surface area contributed by atoms with E-state index in [2.05, 4.69) is 20.3 Å². The minimum absolute atomic E-state index is 0.359. The van der Waals surface area contributed by atoms with Gasteiger partial charge in [-0.2, -0.15) is 4.68 Å². The minimum atomic E-state index is -0.359. The van der Waals surface area contributed by atoms with Gasteiger partial charge >= 0.3 is 0 Å². The lowest BCUT2D eigenvalue weighted by molar-refractivity contribution is 0.621. The smallest absolute Gasteiger partial charge is 0.158 e. The van der Waals surface area contributed by atoms with Gasteiger partial charge in [-0.1, -0.05) is 5.21 Å². The monoisotopic (exact) mass is 215 g/mol. The van der Waals surface area contributed by atoms with Crippen molar-refractivity contribution >= 4 is 11.0 Å². The zero-order valence-electron chi connectivity index (χ0n) is 8.08. The topological polar surface area (TPSA) is 56.5 Å². The van der Waals surface area contributed by atoms with Gasteiger partial charge in [-0.25, -0.2) is 9.37 Å². The first-order valence-electron chi connectivity index (χ1n) is 4.62. The van der Waals surface area contributed by atoms with E-state index in [1.165, 1.54) is 23.0 Å². The van der Waals surface area contributed by atoms with Crippen LogP contribution in [-0.2, 0) is 0 Å². The third-order valence-electron chi connectivity index (χ3n) is 2.17. The normalized spacial score (nSPS) is 10.8. The third kappa shape index (κ3) is 1.31. The van der Waals surface area contributed by atoms with E-state index in [1.54, 1.807) is 18.5 Å². The van der Waals surface area contributed by atoms with E-state index in [9.17, 15) is 4.39 Å². The highest BCUT2D eigenvalue weighted by atomic mass is 19.1. The highest BCUT2D eigenvalue weighted by Crippen LogP contribution is 2.13. The van der Waals surface area contributed by atoms with Gasteiger partial charge in [0.05, 0.1) is 11.7 Å². The Balaban J connectivity index is 2.26. The highest BCUT2D eigenvalue weighted by molar-refractivity contribution is 5.74. The van der Waals surface area contributed by atoms with Gasteiger partial charge in [-0.15, -0.1) is 5.10 Å². The Morgan fingerprint density at radius 2 is 2.12 bits per heavy atom. The Hall–Kier alpha value is -2.37. The lowest BCUT2D eigenvalue weighted by Crippen LogP contribution is -1.99. The Labute approximate surface area is 89.6 Å². The number of pyridine rings is 2. The largest absolute Gasteiger partial charge is 0.262 e. The Morgan fingerprint density at radius 3 is 3.00 bits per heavy atom. The summed E-state index contributed by atoms with van der Waals surface area (Å²) < 4.78 is 14.5. The van der Waals surface area contributed by atoms with Crippen LogP contribution in [0.15, 0.2) is 36.8 Å². The second-order valence-corrected chi connectivity index (χ2v) is 3.20. The SMILES string of the molecule is Fc1ccnc(-n2nnc3cnccc32)c1. The molecule has 16 heavy (non-hydrogen) atoms. The molecule has 6 heteroatoms. The molecule has 0 saturated carbocycles. The van der Waals surface area contributed by atoms with Crippen LogP contribution in [0.2, 0.25) is 0 Å². The molecule has 0 N–H and O–H groups in total. The lowest BCUT2D eigenvalue weighted by atomic mass is 10.4. The van der Waals surface area contributed by atoms with Gasteiger partial charge in [-0.05, 0) is 12.1 Å². The van der Waals surface area contributed by atoms with Crippen molar-refractivity contribution in [1.82, 2.24) is 25.0 Å². The number of fused-ring (bicyclic) bond motifs is 1. The van der Waals surface area contributed by atoms with Crippen molar-refractivity contribution < 1.29 is 4.39 Å². The molecule has 0 aliphatic rings. The number of halogens is 1. The van der Waals surface area contributed by atoms with Gasteiger partial charge in [-0.3, -0.25) is 4.98 Å². The second-order valence-electron chi connectivity index (χ2n) is 3.20. The van der Waals surface area contributed by atoms with Crippen molar-refractivity contribution in [3.05, 3.63) is 42.6 Å². The average Bonchev–Trinajstić information content (AvgIpc) is 2.72. The molecular formula is C10H6FN5. The standard InChI is InChI=1S/C10H6FN5/c11-7-1-4-13-10(5-7)16-9-2-3-12-6-8(9)14-15-16/h1-6H. The first kappa shape index (κ1) is 8.90. The first-order valence-corrected chi connectivity index (χ1v) is 4.62. The summed E-state index contributed by atoms with van der Waals surface area (Å²) in [7, 11) is 0. The molecule has 0 saturated heterocycles. The van der Waals surface area contributed by atoms with Crippen LogP contribution in [0.1, 0.15) is 0 Å². The molecule has 0 aliphatic heterocycles.